The second kappa shape index (κ2) is 4.96. The van der Waals surface area contributed by atoms with Crippen molar-refractivity contribution >= 4 is 23.0 Å². The van der Waals surface area contributed by atoms with E-state index in [0.29, 0.717) is 16.9 Å². The average Bonchev–Trinajstić information content (AvgIpc) is 3.09. The van der Waals surface area contributed by atoms with E-state index in [1.165, 1.54) is 12.8 Å². The van der Waals surface area contributed by atoms with Crippen LogP contribution in [0.5, 0.6) is 0 Å². The normalized spacial score (nSPS) is 15.0. The Balaban J connectivity index is 2.31. The van der Waals surface area contributed by atoms with Crippen LogP contribution in [0.25, 0.3) is 0 Å². The minimum absolute atomic E-state index is 0.393. The Bertz CT molecular complexity index is 415. The highest BCUT2D eigenvalue weighted by Gasteiger charge is 2.32. The van der Waals surface area contributed by atoms with Gasteiger partial charge in [0.15, 0.2) is 5.82 Å². The maximum absolute atomic E-state index is 5.74. The maximum Gasteiger partial charge on any atom is 0.161 e. The van der Waals surface area contributed by atoms with Crippen molar-refractivity contribution in [3.05, 3.63) is 17.8 Å². The van der Waals surface area contributed by atoms with E-state index in [4.69, 9.17) is 18.0 Å². The SMILES string of the molecule is CC(C)CN(c1nnccc1C(N)=S)C1CC1. The van der Waals surface area contributed by atoms with Crippen LogP contribution in [-0.4, -0.2) is 27.8 Å². The number of nitrogens with zero attached hydrogens (tertiary/aromatic N) is 3. The van der Waals surface area contributed by atoms with Crippen LogP contribution < -0.4 is 10.6 Å². The molecule has 92 valence electrons. The number of anilines is 1. The minimum Gasteiger partial charge on any atom is -0.389 e. The molecule has 0 bridgehead atoms. The van der Waals surface area contributed by atoms with E-state index < -0.39 is 0 Å². The molecule has 0 spiro atoms. The van der Waals surface area contributed by atoms with Gasteiger partial charge in [0, 0.05) is 12.6 Å². The Kier molecular flexibility index (Phi) is 3.57. The molecule has 5 heteroatoms. The molecule has 17 heavy (non-hydrogen) atoms. The summed E-state index contributed by atoms with van der Waals surface area (Å²) in [5, 5.41) is 8.18. The molecule has 1 saturated carbocycles. The van der Waals surface area contributed by atoms with Crippen molar-refractivity contribution in [1.82, 2.24) is 10.2 Å². The summed E-state index contributed by atoms with van der Waals surface area (Å²) in [6.45, 7) is 5.37. The summed E-state index contributed by atoms with van der Waals surface area (Å²) in [4.78, 5) is 2.69. The lowest BCUT2D eigenvalue weighted by molar-refractivity contribution is 0.600. The van der Waals surface area contributed by atoms with Crippen molar-refractivity contribution in [1.29, 1.82) is 0 Å². The monoisotopic (exact) mass is 250 g/mol. The summed E-state index contributed by atoms with van der Waals surface area (Å²) in [6, 6.07) is 2.43. The standard InChI is InChI=1S/C12H18N4S/c1-8(2)7-16(9-3-4-9)12-10(11(13)17)5-6-14-15-12/h5-6,8-9H,3-4,7H2,1-2H3,(H2,13,17). The second-order valence-electron chi connectivity index (χ2n) is 4.91. The highest BCUT2D eigenvalue weighted by molar-refractivity contribution is 7.80. The Labute approximate surface area is 107 Å². The molecule has 2 rings (SSSR count). The summed E-state index contributed by atoms with van der Waals surface area (Å²) in [5.41, 5.74) is 6.58. The van der Waals surface area contributed by atoms with Gasteiger partial charge < -0.3 is 10.6 Å². The van der Waals surface area contributed by atoms with Gasteiger partial charge >= 0.3 is 0 Å². The van der Waals surface area contributed by atoms with Crippen molar-refractivity contribution in [2.24, 2.45) is 11.7 Å². The third kappa shape index (κ3) is 2.91. The molecule has 1 heterocycles. The lowest BCUT2D eigenvalue weighted by atomic mass is 10.2. The van der Waals surface area contributed by atoms with Gasteiger partial charge in [-0.05, 0) is 24.8 Å². The smallest absolute Gasteiger partial charge is 0.161 e. The van der Waals surface area contributed by atoms with E-state index in [-0.39, 0.29) is 0 Å². The van der Waals surface area contributed by atoms with Gasteiger partial charge in [-0.25, -0.2) is 0 Å². The quantitative estimate of drug-likeness (QED) is 0.807. The zero-order valence-corrected chi connectivity index (χ0v) is 11.1. The van der Waals surface area contributed by atoms with Gasteiger partial charge in [0.05, 0.1) is 11.8 Å². The minimum atomic E-state index is 0.393. The molecular formula is C12H18N4S. The Hall–Kier alpha value is -1.23. The summed E-state index contributed by atoms with van der Waals surface area (Å²) < 4.78 is 0. The predicted molar refractivity (Wildman–Crippen MR) is 73.1 cm³/mol. The number of hydrogen-bond acceptors (Lipinski definition) is 4. The molecule has 0 unspecified atom stereocenters. The fourth-order valence-corrected chi connectivity index (χ4v) is 2.08. The first kappa shape index (κ1) is 12.2. The number of thiocarbonyl (C=S) groups is 1. The Morgan fingerprint density at radius 3 is 2.82 bits per heavy atom. The van der Waals surface area contributed by atoms with Crippen LogP contribution in [0.1, 0.15) is 32.3 Å². The highest BCUT2D eigenvalue weighted by atomic mass is 32.1. The van der Waals surface area contributed by atoms with Crippen LogP contribution >= 0.6 is 12.2 Å². The van der Waals surface area contributed by atoms with Crippen molar-refractivity contribution in [3.8, 4) is 0 Å². The van der Waals surface area contributed by atoms with Gasteiger partial charge in [0.2, 0.25) is 0 Å². The fraction of sp³-hybridized carbons (Fsp3) is 0.583. The van der Waals surface area contributed by atoms with Crippen LogP contribution in [0.4, 0.5) is 5.82 Å². The number of hydrogen-bond donors (Lipinski definition) is 1. The first-order chi connectivity index (χ1) is 8.09. The molecule has 0 aromatic carbocycles. The first-order valence-electron chi connectivity index (χ1n) is 5.97. The molecule has 0 saturated heterocycles. The zero-order chi connectivity index (χ0) is 12.4. The van der Waals surface area contributed by atoms with Gasteiger partial charge in [-0.2, -0.15) is 5.10 Å². The van der Waals surface area contributed by atoms with E-state index in [1.807, 2.05) is 6.07 Å². The van der Waals surface area contributed by atoms with Gasteiger partial charge in [-0.1, -0.05) is 26.1 Å². The average molecular weight is 250 g/mol. The third-order valence-electron chi connectivity index (χ3n) is 2.79. The maximum atomic E-state index is 5.74. The highest BCUT2D eigenvalue weighted by Crippen LogP contribution is 2.32. The van der Waals surface area contributed by atoms with Crippen LogP contribution in [0.15, 0.2) is 12.3 Å². The third-order valence-corrected chi connectivity index (χ3v) is 3.01. The molecule has 4 nitrogen and oxygen atoms in total. The molecular weight excluding hydrogens is 232 g/mol. The van der Waals surface area contributed by atoms with Gasteiger partial charge in [0.1, 0.15) is 4.99 Å². The molecule has 0 aliphatic heterocycles. The van der Waals surface area contributed by atoms with E-state index in [0.717, 1.165) is 17.9 Å². The summed E-state index contributed by atoms with van der Waals surface area (Å²) in [5.74, 6) is 1.42. The van der Waals surface area contributed by atoms with Crippen molar-refractivity contribution in [2.75, 3.05) is 11.4 Å². The molecule has 2 N–H and O–H groups in total. The Morgan fingerprint density at radius 1 is 1.59 bits per heavy atom. The summed E-state index contributed by atoms with van der Waals surface area (Å²) in [7, 11) is 0. The predicted octanol–water partition coefficient (Wildman–Crippen LogP) is 1.74. The Morgan fingerprint density at radius 2 is 2.29 bits per heavy atom. The molecule has 1 aromatic rings. The van der Waals surface area contributed by atoms with Crippen molar-refractivity contribution in [2.45, 2.75) is 32.7 Å². The number of aromatic nitrogens is 2. The van der Waals surface area contributed by atoms with Crippen molar-refractivity contribution in [3.63, 3.8) is 0 Å². The molecule has 1 aliphatic carbocycles. The van der Waals surface area contributed by atoms with Crippen LogP contribution in [0.2, 0.25) is 0 Å². The lowest BCUT2D eigenvalue weighted by Gasteiger charge is -2.26. The van der Waals surface area contributed by atoms with E-state index in [1.54, 1.807) is 6.20 Å². The van der Waals surface area contributed by atoms with Gasteiger partial charge in [0.25, 0.3) is 0 Å². The van der Waals surface area contributed by atoms with E-state index in [9.17, 15) is 0 Å². The molecule has 0 radical (unpaired) electrons. The topological polar surface area (TPSA) is 55.0 Å². The molecule has 1 fully saturated rings. The van der Waals surface area contributed by atoms with Crippen molar-refractivity contribution < 1.29 is 0 Å². The van der Waals surface area contributed by atoms with Crippen LogP contribution in [0, 0.1) is 5.92 Å². The number of rotatable bonds is 5. The van der Waals surface area contributed by atoms with E-state index >= 15 is 0 Å². The van der Waals surface area contributed by atoms with Crippen LogP contribution in [0.3, 0.4) is 0 Å². The largest absolute Gasteiger partial charge is 0.389 e. The van der Waals surface area contributed by atoms with E-state index in [2.05, 4.69) is 28.9 Å². The van der Waals surface area contributed by atoms with Gasteiger partial charge in [-0.3, -0.25) is 0 Å². The zero-order valence-electron chi connectivity index (χ0n) is 10.3. The number of nitrogens with two attached hydrogens (primary N) is 1. The van der Waals surface area contributed by atoms with Crippen LogP contribution in [-0.2, 0) is 0 Å². The summed E-state index contributed by atoms with van der Waals surface area (Å²) >= 11 is 5.07. The first-order valence-corrected chi connectivity index (χ1v) is 6.38. The summed E-state index contributed by atoms with van der Waals surface area (Å²) in [6.07, 6.45) is 4.08. The molecule has 1 aliphatic rings. The molecule has 0 atom stereocenters. The van der Waals surface area contributed by atoms with Gasteiger partial charge in [-0.15, -0.1) is 5.10 Å². The second-order valence-corrected chi connectivity index (χ2v) is 5.35. The molecule has 0 amide bonds. The molecule has 1 aromatic heterocycles. The fourth-order valence-electron chi connectivity index (χ4n) is 1.92. The lowest BCUT2D eigenvalue weighted by Crippen LogP contribution is -2.33.